The van der Waals surface area contributed by atoms with Crippen LogP contribution in [0.1, 0.15) is 50.4 Å². The minimum Gasteiger partial charge on any atom is -0.491 e. The number of esters is 1. The Morgan fingerprint density at radius 2 is 1.79 bits per heavy atom. The lowest BCUT2D eigenvalue weighted by atomic mass is 9.95. The van der Waals surface area contributed by atoms with E-state index in [2.05, 4.69) is 75.5 Å². The van der Waals surface area contributed by atoms with Crippen molar-refractivity contribution in [2.24, 2.45) is 4.99 Å². The molecule has 0 radical (unpaired) electrons. The Morgan fingerprint density at radius 3 is 2.57 bits per heavy atom. The molecule has 0 amide bonds. The molecule has 0 N–H and O–H groups in total. The third-order valence-corrected chi connectivity index (χ3v) is 10.1. The van der Waals surface area contributed by atoms with E-state index < -0.39 is 12.0 Å². The van der Waals surface area contributed by atoms with Crippen molar-refractivity contribution in [3.05, 3.63) is 134 Å². The lowest BCUT2D eigenvalue weighted by Crippen LogP contribution is -2.40. The lowest BCUT2D eigenvalue weighted by molar-refractivity contribution is -0.139. The van der Waals surface area contributed by atoms with E-state index in [-0.39, 0.29) is 18.3 Å². The first kappa shape index (κ1) is 33.4. The fraction of sp³-hybridized carbons (Fsp3) is 0.216. The van der Waals surface area contributed by atoms with E-state index in [1.807, 2.05) is 68.5 Å². The number of nitrogens with zero attached hydrogens (tertiary/aromatic N) is 2. The monoisotopic (exact) mass is 870 g/mol. The molecular weight excluding hydrogens is 838 g/mol. The van der Waals surface area contributed by atoms with Gasteiger partial charge in [-0.15, -0.1) is 0 Å². The number of carbonyl (C=O) groups excluding carboxylic acids is 1. The molecule has 6 rings (SSSR count). The molecule has 0 saturated carbocycles. The van der Waals surface area contributed by atoms with Gasteiger partial charge in [0.15, 0.2) is 4.80 Å². The summed E-state index contributed by atoms with van der Waals surface area (Å²) in [5.41, 5.74) is 3.10. The minimum atomic E-state index is -0.777. The summed E-state index contributed by atoms with van der Waals surface area (Å²) in [4.78, 5) is 33.1. The van der Waals surface area contributed by atoms with E-state index in [0.717, 1.165) is 29.0 Å². The second-order valence-corrected chi connectivity index (χ2v) is 14.7. The van der Waals surface area contributed by atoms with Crippen LogP contribution in [0.4, 0.5) is 0 Å². The van der Waals surface area contributed by atoms with Gasteiger partial charge in [0.25, 0.3) is 5.56 Å². The molecule has 0 bridgehead atoms. The molecular formula is C37H32I2N2O5S. The minimum absolute atomic E-state index is 0.113. The smallest absolute Gasteiger partial charge is 0.338 e. The number of hydrogen-bond acceptors (Lipinski definition) is 7. The van der Waals surface area contributed by atoms with Crippen molar-refractivity contribution in [2.45, 2.75) is 46.4 Å². The Hall–Kier alpha value is -3.49. The number of halogens is 2. The van der Waals surface area contributed by atoms with Gasteiger partial charge >= 0.3 is 5.97 Å². The normalized spacial score (nSPS) is 14.7. The molecule has 0 saturated heterocycles. The summed E-state index contributed by atoms with van der Waals surface area (Å²) in [6.45, 7) is 7.99. The number of hydrogen-bond donors (Lipinski definition) is 0. The largest absolute Gasteiger partial charge is 0.491 e. The molecule has 4 aromatic carbocycles. The van der Waals surface area contributed by atoms with Crippen LogP contribution in [-0.2, 0) is 16.1 Å². The first-order valence-corrected chi connectivity index (χ1v) is 18.2. The number of aromatic nitrogens is 1. The Morgan fingerprint density at radius 1 is 1.04 bits per heavy atom. The van der Waals surface area contributed by atoms with Crippen molar-refractivity contribution in [2.75, 3.05) is 6.61 Å². The zero-order chi connectivity index (χ0) is 33.2. The molecule has 10 heteroatoms. The molecule has 240 valence electrons. The summed E-state index contributed by atoms with van der Waals surface area (Å²) < 4.78 is 22.2. The van der Waals surface area contributed by atoms with Gasteiger partial charge in [0.2, 0.25) is 0 Å². The van der Waals surface area contributed by atoms with Crippen molar-refractivity contribution in [1.29, 1.82) is 0 Å². The van der Waals surface area contributed by atoms with Gasteiger partial charge in [-0.1, -0.05) is 72.0 Å². The van der Waals surface area contributed by atoms with E-state index in [1.54, 1.807) is 18.4 Å². The molecule has 1 aliphatic rings. The predicted octanol–water partition coefficient (Wildman–Crippen LogP) is 7.53. The SMILES string of the molecule is CCOC(=O)C1=C(C)N=c2s/c(=C\c3cc(I)cc(I)c3OCc3cccc4ccccc34)c(=O)n2[C@H]1c1ccccc1OC(C)C. The van der Waals surface area contributed by atoms with E-state index in [9.17, 15) is 9.59 Å². The summed E-state index contributed by atoms with van der Waals surface area (Å²) in [7, 11) is 0. The third kappa shape index (κ3) is 6.91. The first-order chi connectivity index (χ1) is 22.7. The second kappa shape index (κ2) is 14.3. The summed E-state index contributed by atoms with van der Waals surface area (Å²) in [5.74, 6) is 0.777. The van der Waals surface area contributed by atoms with Crippen LogP contribution in [0.5, 0.6) is 11.5 Å². The van der Waals surface area contributed by atoms with Gasteiger partial charge in [-0.25, -0.2) is 9.79 Å². The first-order valence-electron chi connectivity index (χ1n) is 15.2. The van der Waals surface area contributed by atoms with E-state index >= 15 is 0 Å². The van der Waals surface area contributed by atoms with Gasteiger partial charge in [0.05, 0.1) is 32.1 Å². The van der Waals surface area contributed by atoms with Crippen LogP contribution in [0, 0.1) is 7.14 Å². The van der Waals surface area contributed by atoms with Gasteiger partial charge in [0, 0.05) is 14.7 Å². The topological polar surface area (TPSA) is 79.1 Å². The van der Waals surface area contributed by atoms with Crippen molar-refractivity contribution in [3.8, 4) is 11.5 Å². The van der Waals surface area contributed by atoms with Gasteiger partial charge in [-0.2, -0.15) is 0 Å². The third-order valence-electron chi connectivity index (χ3n) is 7.67. The van der Waals surface area contributed by atoms with Crippen molar-refractivity contribution in [3.63, 3.8) is 0 Å². The Labute approximate surface area is 303 Å². The molecule has 7 nitrogen and oxygen atoms in total. The fourth-order valence-electron chi connectivity index (χ4n) is 5.70. The van der Waals surface area contributed by atoms with Crippen molar-refractivity contribution >= 4 is 79.3 Å². The second-order valence-electron chi connectivity index (χ2n) is 11.2. The molecule has 2 heterocycles. The van der Waals surface area contributed by atoms with E-state index in [1.165, 1.54) is 11.3 Å². The Balaban J connectivity index is 1.49. The van der Waals surface area contributed by atoms with Crippen LogP contribution in [0.15, 0.2) is 99.9 Å². The Bertz CT molecular complexity index is 2220. The zero-order valence-electron chi connectivity index (χ0n) is 26.3. The van der Waals surface area contributed by atoms with Crippen LogP contribution < -0.4 is 24.4 Å². The number of thiazole rings is 1. The summed E-state index contributed by atoms with van der Waals surface area (Å²) >= 11 is 5.85. The van der Waals surface area contributed by atoms with Crippen LogP contribution in [-0.4, -0.2) is 23.2 Å². The number of carbonyl (C=O) groups is 1. The van der Waals surface area contributed by atoms with Gasteiger partial charge < -0.3 is 14.2 Å². The van der Waals surface area contributed by atoms with Crippen LogP contribution in [0.3, 0.4) is 0 Å². The van der Waals surface area contributed by atoms with Gasteiger partial charge in [-0.3, -0.25) is 9.36 Å². The van der Waals surface area contributed by atoms with E-state index in [0.29, 0.717) is 44.3 Å². The molecule has 1 atom stereocenters. The van der Waals surface area contributed by atoms with Crippen molar-refractivity contribution in [1.82, 2.24) is 4.57 Å². The molecule has 0 fully saturated rings. The number of ether oxygens (including phenoxy) is 3. The highest BCUT2D eigenvalue weighted by atomic mass is 127. The van der Waals surface area contributed by atoms with Gasteiger partial charge in [0.1, 0.15) is 24.1 Å². The summed E-state index contributed by atoms with van der Waals surface area (Å²) in [6.07, 6.45) is 1.75. The maximum atomic E-state index is 14.4. The number of rotatable bonds is 9. The fourth-order valence-corrected chi connectivity index (χ4v) is 8.79. The summed E-state index contributed by atoms with van der Waals surface area (Å²) in [5, 5.41) is 2.29. The molecule has 1 aliphatic heterocycles. The van der Waals surface area contributed by atoms with E-state index in [4.69, 9.17) is 19.2 Å². The zero-order valence-corrected chi connectivity index (χ0v) is 31.4. The maximum Gasteiger partial charge on any atom is 0.338 e. The van der Waals surface area contributed by atoms with Crippen molar-refractivity contribution < 1.29 is 19.0 Å². The molecule has 47 heavy (non-hydrogen) atoms. The quantitative estimate of drug-likeness (QED) is 0.113. The molecule has 0 aliphatic carbocycles. The highest BCUT2D eigenvalue weighted by Gasteiger charge is 2.35. The highest BCUT2D eigenvalue weighted by Crippen LogP contribution is 2.36. The van der Waals surface area contributed by atoms with Crippen LogP contribution in [0.25, 0.3) is 16.8 Å². The van der Waals surface area contributed by atoms with Gasteiger partial charge in [-0.05, 0) is 113 Å². The lowest BCUT2D eigenvalue weighted by Gasteiger charge is -2.26. The number of para-hydroxylation sites is 1. The molecule has 1 aromatic heterocycles. The molecule has 5 aromatic rings. The standard InChI is InChI=1S/C37H32I2N2O5S/c1-5-44-36(43)32-22(4)40-37-41(33(32)28-15-8-9-16-30(28)46-21(2)3)35(42)31(47-37)18-25-17-26(38)19-29(39)34(25)45-20-24-13-10-12-23-11-6-7-14-27(23)24/h6-19,21,33H,5,20H2,1-4H3/b31-18-/t33-/m0/s1. The maximum absolute atomic E-state index is 14.4. The average Bonchev–Trinajstić information content (AvgIpc) is 3.33. The number of allylic oxidation sites excluding steroid dienone is 1. The number of fused-ring (bicyclic) bond motifs is 2. The summed E-state index contributed by atoms with van der Waals surface area (Å²) in [6, 6.07) is 25.2. The van der Waals surface area contributed by atoms with Crippen LogP contribution >= 0.6 is 56.5 Å². The number of benzene rings is 4. The molecule has 0 unspecified atom stereocenters. The molecule has 0 spiro atoms. The predicted molar refractivity (Wildman–Crippen MR) is 203 cm³/mol. The average molecular weight is 871 g/mol. The van der Waals surface area contributed by atoms with Crippen LogP contribution in [0.2, 0.25) is 0 Å². The Kier molecular flexibility index (Phi) is 10.2. The highest BCUT2D eigenvalue weighted by molar-refractivity contribution is 14.1.